The zero-order valence-corrected chi connectivity index (χ0v) is 11.8. The van der Waals surface area contributed by atoms with Crippen LogP contribution in [-0.2, 0) is 0 Å². The van der Waals surface area contributed by atoms with E-state index in [2.05, 4.69) is 26.0 Å². The summed E-state index contributed by atoms with van der Waals surface area (Å²) < 4.78 is 5.57. The van der Waals surface area contributed by atoms with E-state index in [0.717, 1.165) is 18.2 Å². The lowest BCUT2D eigenvalue weighted by Gasteiger charge is -2.25. The zero-order chi connectivity index (χ0) is 13.1. The van der Waals surface area contributed by atoms with Gasteiger partial charge in [-0.3, -0.25) is 0 Å². The van der Waals surface area contributed by atoms with E-state index in [-0.39, 0.29) is 0 Å². The maximum absolute atomic E-state index is 6.04. The van der Waals surface area contributed by atoms with Gasteiger partial charge in [0.05, 0.1) is 7.11 Å². The van der Waals surface area contributed by atoms with Crippen LogP contribution in [0.15, 0.2) is 12.1 Å². The Hall–Kier alpha value is -1.02. The number of ether oxygens (including phenoxy) is 1. The molecule has 1 saturated carbocycles. The van der Waals surface area contributed by atoms with E-state index >= 15 is 0 Å². The maximum atomic E-state index is 6.04. The van der Waals surface area contributed by atoms with Crippen molar-refractivity contribution in [2.24, 2.45) is 11.7 Å². The summed E-state index contributed by atoms with van der Waals surface area (Å²) in [6.07, 6.45) is 5.35. The molecular formula is C16H25NO. The molecule has 0 radical (unpaired) electrons. The van der Waals surface area contributed by atoms with Gasteiger partial charge in [-0.2, -0.15) is 0 Å². The van der Waals surface area contributed by atoms with E-state index in [1.807, 2.05) is 0 Å². The van der Waals surface area contributed by atoms with E-state index in [9.17, 15) is 0 Å². The number of nitrogens with two attached hydrogens (primary N) is 1. The minimum atomic E-state index is 0.460. The van der Waals surface area contributed by atoms with Gasteiger partial charge in [0.15, 0.2) is 0 Å². The van der Waals surface area contributed by atoms with Gasteiger partial charge in [-0.15, -0.1) is 0 Å². The summed E-state index contributed by atoms with van der Waals surface area (Å²) in [6, 6.07) is 4.44. The molecule has 2 rings (SSSR count). The van der Waals surface area contributed by atoms with Crippen LogP contribution in [0.1, 0.15) is 48.3 Å². The summed E-state index contributed by atoms with van der Waals surface area (Å²) in [5, 5.41) is 0. The molecule has 2 nitrogen and oxygen atoms in total. The van der Waals surface area contributed by atoms with Crippen molar-refractivity contribution < 1.29 is 4.74 Å². The van der Waals surface area contributed by atoms with Gasteiger partial charge in [0, 0.05) is 5.92 Å². The molecule has 18 heavy (non-hydrogen) atoms. The molecule has 0 amide bonds. The molecular weight excluding hydrogens is 222 g/mol. The van der Waals surface area contributed by atoms with Gasteiger partial charge in [-0.1, -0.05) is 18.9 Å². The molecule has 2 N–H and O–H groups in total. The van der Waals surface area contributed by atoms with Crippen molar-refractivity contribution >= 4 is 0 Å². The third kappa shape index (κ3) is 2.54. The Morgan fingerprint density at radius 2 is 1.83 bits per heavy atom. The predicted molar refractivity (Wildman–Crippen MR) is 76.2 cm³/mol. The molecule has 1 fully saturated rings. The van der Waals surface area contributed by atoms with Gasteiger partial charge in [0.1, 0.15) is 5.75 Å². The van der Waals surface area contributed by atoms with Gasteiger partial charge >= 0.3 is 0 Å². The summed E-state index contributed by atoms with van der Waals surface area (Å²) in [5.41, 5.74) is 9.98. The van der Waals surface area contributed by atoms with Crippen molar-refractivity contribution in [3.63, 3.8) is 0 Å². The highest BCUT2D eigenvalue weighted by Gasteiger charge is 2.27. The SMILES string of the molecule is COc1cc(C)c(C)cc1C(CN)C1CCCC1. The fourth-order valence-corrected chi connectivity index (χ4v) is 3.21. The second kappa shape index (κ2) is 5.75. The fourth-order valence-electron chi connectivity index (χ4n) is 3.21. The third-order valence-corrected chi connectivity index (χ3v) is 4.47. The van der Waals surface area contributed by atoms with Crippen LogP contribution in [-0.4, -0.2) is 13.7 Å². The van der Waals surface area contributed by atoms with Crippen molar-refractivity contribution in [2.45, 2.75) is 45.4 Å². The number of rotatable bonds is 4. The molecule has 0 bridgehead atoms. The number of aryl methyl sites for hydroxylation is 2. The zero-order valence-electron chi connectivity index (χ0n) is 11.8. The van der Waals surface area contributed by atoms with Crippen molar-refractivity contribution in [1.82, 2.24) is 0 Å². The highest BCUT2D eigenvalue weighted by Crippen LogP contribution is 2.40. The van der Waals surface area contributed by atoms with Crippen molar-refractivity contribution in [1.29, 1.82) is 0 Å². The Morgan fingerprint density at radius 1 is 1.22 bits per heavy atom. The predicted octanol–water partition coefficient (Wildman–Crippen LogP) is 3.54. The summed E-state index contributed by atoms with van der Waals surface area (Å²) >= 11 is 0. The Bertz CT molecular complexity index is 408. The standard InChI is InChI=1S/C16H25NO/c1-11-8-14(16(18-3)9-12(11)2)15(10-17)13-6-4-5-7-13/h8-9,13,15H,4-7,10,17H2,1-3H3. The molecule has 1 aliphatic rings. The van der Waals surface area contributed by atoms with Crippen LogP contribution in [0, 0.1) is 19.8 Å². The number of methoxy groups -OCH3 is 1. The van der Waals surface area contributed by atoms with Crippen LogP contribution in [0.5, 0.6) is 5.75 Å². The van der Waals surface area contributed by atoms with E-state index in [1.165, 1.54) is 42.4 Å². The first-order valence-electron chi connectivity index (χ1n) is 7.02. The van der Waals surface area contributed by atoms with Crippen LogP contribution < -0.4 is 10.5 Å². The largest absolute Gasteiger partial charge is 0.496 e. The molecule has 1 aromatic rings. The molecule has 100 valence electrons. The van der Waals surface area contributed by atoms with Crippen LogP contribution in [0.4, 0.5) is 0 Å². The smallest absolute Gasteiger partial charge is 0.122 e. The maximum Gasteiger partial charge on any atom is 0.122 e. The second-order valence-electron chi connectivity index (χ2n) is 5.57. The van der Waals surface area contributed by atoms with Crippen LogP contribution in [0.2, 0.25) is 0 Å². The Labute approximate surface area is 111 Å². The fraction of sp³-hybridized carbons (Fsp3) is 0.625. The van der Waals surface area contributed by atoms with E-state index in [0.29, 0.717) is 5.92 Å². The summed E-state index contributed by atoms with van der Waals surface area (Å²) in [4.78, 5) is 0. The summed E-state index contributed by atoms with van der Waals surface area (Å²) in [7, 11) is 1.76. The van der Waals surface area contributed by atoms with Crippen molar-refractivity contribution in [3.05, 3.63) is 28.8 Å². The monoisotopic (exact) mass is 247 g/mol. The van der Waals surface area contributed by atoms with Crippen molar-refractivity contribution in [2.75, 3.05) is 13.7 Å². The van der Waals surface area contributed by atoms with E-state index < -0.39 is 0 Å². The lowest BCUT2D eigenvalue weighted by molar-refractivity contribution is 0.383. The normalized spacial score (nSPS) is 18.0. The lowest BCUT2D eigenvalue weighted by atomic mass is 9.83. The Balaban J connectivity index is 2.37. The topological polar surface area (TPSA) is 35.2 Å². The molecule has 0 saturated heterocycles. The summed E-state index contributed by atoms with van der Waals surface area (Å²) in [5.74, 6) is 2.22. The van der Waals surface area contributed by atoms with Gasteiger partial charge < -0.3 is 10.5 Å². The molecule has 0 aliphatic heterocycles. The van der Waals surface area contributed by atoms with Gasteiger partial charge in [0.25, 0.3) is 0 Å². The summed E-state index contributed by atoms with van der Waals surface area (Å²) in [6.45, 7) is 5.03. The number of benzene rings is 1. The van der Waals surface area contributed by atoms with E-state index in [1.54, 1.807) is 7.11 Å². The first kappa shape index (κ1) is 13.4. The van der Waals surface area contributed by atoms with Gasteiger partial charge in [-0.25, -0.2) is 0 Å². The average Bonchev–Trinajstić information content (AvgIpc) is 2.88. The van der Waals surface area contributed by atoms with Gasteiger partial charge in [-0.05, 0) is 61.9 Å². The molecule has 0 spiro atoms. The van der Waals surface area contributed by atoms with Crippen molar-refractivity contribution in [3.8, 4) is 5.75 Å². The number of hydrogen-bond acceptors (Lipinski definition) is 2. The average molecular weight is 247 g/mol. The first-order chi connectivity index (χ1) is 8.67. The van der Waals surface area contributed by atoms with E-state index in [4.69, 9.17) is 10.5 Å². The highest BCUT2D eigenvalue weighted by molar-refractivity contribution is 5.44. The molecule has 1 unspecified atom stereocenters. The first-order valence-corrected chi connectivity index (χ1v) is 7.02. The minimum absolute atomic E-state index is 0.460. The number of hydrogen-bond donors (Lipinski definition) is 1. The van der Waals surface area contributed by atoms with Gasteiger partial charge in [0.2, 0.25) is 0 Å². The quantitative estimate of drug-likeness (QED) is 0.883. The molecule has 2 heteroatoms. The Morgan fingerprint density at radius 3 is 2.39 bits per heavy atom. The molecule has 1 atom stereocenters. The highest BCUT2D eigenvalue weighted by atomic mass is 16.5. The second-order valence-corrected chi connectivity index (χ2v) is 5.57. The Kier molecular flexibility index (Phi) is 4.28. The molecule has 1 aromatic carbocycles. The molecule has 1 aliphatic carbocycles. The lowest BCUT2D eigenvalue weighted by Crippen LogP contribution is -2.20. The molecule has 0 aromatic heterocycles. The molecule has 0 heterocycles. The minimum Gasteiger partial charge on any atom is -0.496 e. The van der Waals surface area contributed by atoms with Crippen LogP contribution >= 0.6 is 0 Å². The van der Waals surface area contributed by atoms with Crippen LogP contribution in [0.25, 0.3) is 0 Å². The third-order valence-electron chi connectivity index (χ3n) is 4.47. The van der Waals surface area contributed by atoms with Crippen LogP contribution in [0.3, 0.4) is 0 Å².